The van der Waals surface area contributed by atoms with Gasteiger partial charge in [-0.15, -0.1) is 10.2 Å². The Bertz CT molecular complexity index is 1010. The number of anilines is 1. The number of methoxy groups -OCH3 is 2. The van der Waals surface area contributed by atoms with Crippen LogP contribution in [0.5, 0.6) is 11.5 Å². The van der Waals surface area contributed by atoms with Crippen LogP contribution in [0.15, 0.2) is 60.7 Å². The van der Waals surface area contributed by atoms with E-state index in [0.29, 0.717) is 37.5 Å². The third kappa shape index (κ3) is 3.91. The van der Waals surface area contributed by atoms with Gasteiger partial charge in [-0.2, -0.15) is 0 Å². The molecule has 7 nitrogen and oxygen atoms in total. The van der Waals surface area contributed by atoms with Crippen LogP contribution in [0.25, 0.3) is 11.3 Å². The summed E-state index contributed by atoms with van der Waals surface area (Å²) in [6.07, 6.45) is 0. The quantitative estimate of drug-likeness (QED) is 0.651. The first-order chi connectivity index (χ1) is 14.7. The summed E-state index contributed by atoms with van der Waals surface area (Å²) in [5.74, 6) is 2.16. The van der Waals surface area contributed by atoms with Gasteiger partial charge in [0.25, 0.3) is 5.91 Å². The van der Waals surface area contributed by atoms with Crippen LogP contribution in [0.3, 0.4) is 0 Å². The van der Waals surface area contributed by atoms with Crippen molar-refractivity contribution >= 4 is 11.7 Å². The maximum Gasteiger partial charge on any atom is 0.257 e. The fourth-order valence-corrected chi connectivity index (χ4v) is 3.62. The molecular weight excluding hydrogens is 380 g/mol. The van der Waals surface area contributed by atoms with Crippen molar-refractivity contribution in [2.24, 2.45) is 0 Å². The molecule has 0 atom stereocenters. The van der Waals surface area contributed by atoms with Crippen LogP contribution in [0.2, 0.25) is 0 Å². The van der Waals surface area contributed by atoms with Crippen molar-refractivity contribution in [1.29, 1.82) is 0 Å². The molecule has 2 aromatic carbocycles. The number of hydrogen-bond acceptors (Lipinski definition) is 6. The van der Waals surface area contributed by atoms with Gasteiger partial charge in [0.2, 0.25) is 0 Å². The Morgan fingerprint density at radius 2 is 1.47 bits per heavy atom. The smallest absolute Gasteiger partial charge is 0.257 e. The first-order valence-electron chi connectivity index (χ1n) is 9.85. The molecule has 3 aromatic rings. The van der Waals surface area contributed by atoms with Gasteiger partial charge in [-0.1, -0.05) is 24.3 Å². The summed E-state index contributed by atoms with van der Waals surface area (Å²) >= 11 is 0. The number of rotatable bonds is 5. The van der Waals surface area contributed by atoms with Gasteiger partial charge in [0.15, 0.2) is 5.82 Å². The zero-order valence-corrected chi connectivity index (χ0v) is 17.1. The van der Waals surface area contributed by atoms with Crippen LogP contribution in [0, 0.1) is 0 Å². The lowest BCUT2D eigenvalue weighted by molar-refractivity contribution is 0.0743. The fourth-order valence-electron chi connectivity index (χ4n) is 3.62. The van der Waals surface area contributed by atoms with Crippen molar-refractivity contribution in [2.75, 3.05) is 45.3 Å². The normalized spacial score (nSPS) is 13.8. The highest BCUT2D eigenvalue weighted by Gasteiger charge is 2.25. The number of amides is 1. The standard InChI is InChI=1S/C23H24N4O3/c1-29-20-9-5-3-7-17(20)19-11-12-22(25-24-19)26-13-15-27(16-14-26)23(28)18-8-4-6-10-21(18)30-2/h3-12H,13-16H2,1-2H3. The predicted octanol–water partition coefficient (Wildman–Crippen LogP) is 3.12. The van der Waals surface area contributed by atoms with Gasteiger partial charge in [-0.3, -0.25) is 4.79 Å². The topological polar surface area (TPSA) is 67.8 Å². The summed E-state index contributed by atoms with van der Waals surface area (Å²) in [6.45, 7) is 2.63. The first-order valence-corrected chi connectivity index (χ1v) is 9.85. The second-order valence-corrected chi connectivity index (χ2v) is 6.96. The number of carbonyl (C=O) groups is 1. The molecule has 0 bridgehead atoms. The molecule has 1 aliphatic rings. The molecule has 1 aromatic heterocycles. The van der Waals surface area contributed by atoms with Crippen molar-refractivity contribution in [3.05, 3.63) is 66.2 Å². The van der Waals surface area contributed by atoms with E-state index in [4.69, 9.17) is 9.47 Å². The molecule has 0 aliphatic carbocycles. The molecule has 30 heavy (non-hydrogen) atoms. The van der Waals surface area contributed by atoms with Crippen LogP contribution in [-0.2, 0) is 0 Å². The van der Waals surface area contributed by atoms with Crippen LogP contribution >= 0.6 is 0 Å². The van der Waals surface area contributed by atoms with E-state index >= 15 is 0 Å². The summed E-state index contributed by atoms with van der Waals surface area (Å²) < 4.78 is 10.7. The molecule has 0 radical (unpaired) electrons. The number of carbonyl (C=O) groups excluding carboxylic acids is 1. The van der Waals surface area contributed by atoms with E-state index in [2.05, 4.69) is 15.1 Å². The minimum Gasteiger partial charge on any atom is -0.496 e. The van der Waals surface area contributed by atoms with Gasteiger partial charge in [-0.25, -0.2) is 0 Å². The molecular formula is C23H24N4O3. The third-order valence-corrected chi connectivity index (χ3v) is 5.26. The maximum atomic E-state index is 12.9. The van der Waals surface area contributed by atoms with E-state index in [9.17, 15) is 4.79 Å². The fraction of sp³-hybridized carbons (Fsp3) is 0.261. The van der Waals surface area contributed by atoms with Gasteiger partial charge in [0, 0.05) is 31.7 Å². The molecule has 7 heteroatoms. The van der Waals surface area contributed by atoms with Crippen LogP contribution < -0.4 is 14.4 Å². The van der Waals surface area contributed by atoms with E-state index in [0.717, 1.165) is 22.8 Å². The monoisotopic (exact) mass is 404 g/mol. The number of hydrogen-bond donors (Lipinski definition) is 0. The van der Waals surface area contributed by atoms with Gasteiger partial charge in [0.1, 0.15) is 11.5 Å². The molecule has 1 aliphatic heterocycles. The lowest BCUT2D eigenvalue weighted by atomic mass is 10.1. The molecule has 1 amide bonds. The summed E-state index contributed by atoms with van der Waals surface area (Å²) in [5, 5.41) is 8.79. The highest BCUT2D eigenvalue weighted by Crippen LogP contribution is 2.28. The van der Waals surface area contributed by atoms with E-state index in [1.54, 1.807) is 20.3 Å². The van der Waals surface area contributed by atoms with Crippen LogP contribution in [-0.4, -0.2) is 61.4 Å². The number of piperazine rings is 1. The molecule has 0 saturated carbocycles. The molecule has 1 fully saturated rings. The van der Waals surface area contributed by atoms with Gasteiger partial charge >= 0.3 is 0 Å². The number of aromatic nitrogens is 2. The first kappa shape index (κ1) is 19.7. The summed E-state index contributed by atoms with van der Waals surface area (Å²) in [5.41, 5.74) is 2.27. The van der Waals surface area contributed by atoms with Crippen LogP contribution in [0.4, 0.5) is 5.82 Å². The van der Waals surface area contributed by atoms with Crippen molar-refractivity contribution in [2.45, 2.75) is 0 Å². The Morgan fingerprint density at radius 1 is 0.800 bits per heavy atom. The highest BCUT2D eigenvalue weighted by atomic mass is 16.5. The molecule has 2 heterocycles. The maximum absolute atomic E-state index is 12.9. The van der Waals surface area contributed by atoms with Gasteiger partial charge in [0.05, 0.1) is 25.5 Å². The van der Waals surface area contributed by atoms with E-state index in [1.807, 2.05) is 59.5 Å². The summed E-state index contributed by atoms with van der Waals surface area (Å²) in [6, 6.07) is 19.0. The number of nitrogens with zero attached hydrogens (tertiary/aromatic N) is 4. The largest absolute Gasteiger partial charge is 0.496 e. The van der Waals surface area contributed by atoms with Gasteiger partial charge < -0.3 is 19.3 Å². The highest BCUT2D eigenvalue weighted by molar-refractivity contribution is 5.97. The van der Waals surface area contributed by atoms with E-state index < -0.39 is 0 Å². The number of benzene rings is 2. The molecule has 1 saturated heterocycles. The third-order valence-electron chi connectivity index (χ3n) is 5.26. The Morgan fingerprint density at radius 3 is 2.13 bits per heavy atom. The molecule has 4 rings (SSSR count). The lowest BCUT2D eigenvalue weighted by Gasteiger charge is -2.35. The molecule has 154 valence electrons. The average molecular weight is 404 g/mol. The minimum absolute atomic E-state index is 0.00953. The minimum atomic E-state index is -0.00953. The van der Waals surface area contributed by atoms with E-state index in [1.165, 1.54) is 0 Å². The molecule has 0 spiro atoms. The number of ether oxygens (including phenoxy) is 2. The van der Waals surface area contributed by atoms with Crippen molar-refractivity contribution in [3.63, 3.8) is 0 Å². The van der Waals surface area contributed by atoms with Crippen molar-refractivity contribution < 1.29 is 14.3 Å². The Labute approximate surface area is 175 Å². The second kappa shape index (κ2) is 8.82. The summed E-state index contributed by atoms with van der Waals surface area (Å²) in [4.78, 5) is 16.9. The zero-order valence-electron chi connectivity index (χ0n) is 17.1. The zero-order chi connectivity index (χ0) is 20.9. The SMILES string of the molecule is COc1ccccc1C(=O)N1CCN(c2ccc(-c3ccccc3OC)nn2)CC1. The van der Waals surface area contributed by atoms with Crippen LogP contribution in [0.1, 0.15) is 10.4 Å². The Kier molecular flexibility index (Phi) is 5.79. The average Bonchev–Trinajstić information content (AvgIpc) is 2.83. The van der Waals surface area contributed by atoms with E-state index in [-0.39, 0.29) is 5.91 Å². The molecule has 0 N–H and O–H groups in total. The van der Waals surface area contributed by atoms with Crippen molar-refractivity contribution in [3.8, 4) is 22.8 Å². The summed E-state index contributed by atoms with van der Waals surface area (Å²) in [7, 11) is 3.23. The lowest BCUT2D eigenvalue weighted by Crippen LogP contribution is -2.49. The van der Waals surface area contributed by atoms with Gasteiger partial charge in [-0.05, 0) is 36.4 Å². The predicted molar refractivity (Wildman–Crippen MR) is 115 cm³/mol. The van der Waals surface area contributed by atoms with Crippen molar-refractivity contribution in [1.82, 2.24) is 15.1 Å². The molecule has 0 unspecified atom stereocenters. The Balaban J connectivity index is 1.42. The number of para-hydroxylation sites is 2. The Hall–Kier alpha value is -3.61. The second-order valence-electron chi connectivity index (χ2n) is 6.96.